The lowest BCUT2D eigenvalue weighted by molar-refractivity contribution is 0.600. The second kappa shape index (κ2) is 6.93. The maximum absolute atomic E-state index is 12.8. The third kappa shape index (κ3) is 3.95. The predicted octanol–water partition coefficient (Wildman–Crippen LogP) is 3.56. The highest BCUT2D eigenvalue weighted by Gasteiger charge is 2.19. The molecule has 3 rings (SSSR count). The number of hydrogen-bond donors (Lipinski definition) is 1. The van der Waals surface area contributed by atoms with Gasteiger partial charge in [-0.15, -0.1) is 0 Å². The van der Waals surface area contributed by atoms with Crippen LogP contribution in [0, 0.1) is 0 Å². The van der Waals surface area contributed by atoms with E-state index in [0.29, 0.717) is 11.3 Å². The van der Waals surface area contributed by atoms with Crippen LogP contribution in [-0.2, 0) is 19.9 Å². The molecule has 0 atom stereocenters. The van der Waals surface area contributed by atoms with Crippen molar-refractivity contribution < 1.29 is 16.8 Å². The predicted molar refractivity (Wildman–Crippen MR) is 102 cm³/mol. The highest BCUT2D eigenvalue weighted by atomic mass is 32.2. The van der Waals surface area contributed by atoms with Crippen molar-refractivity contribution in [2.45, 2.75) is 9.79 Å². The fraction of sp³-hybridized carbons (Fsp3) is 0.0526. The third-order valence-corrected chi connectivity index (χ3v) is 6.36. The lowest BCUT2D eigenvalue weighted by Gasteiger charge is -2.13. The Labute approximate surface area is 153 Å². The van der Waals surface area contributed by atoms with Crippen LogP contribution in [0.3, 0.4) is 0 Å². The zero-order chi connectivity index (χ0) is 18.8. The Hall–Kier alpha value is -2.64. The van der Waals surface area contributed by atoms with E-state index in [1.54, 1.807) is 18.2 Å². The van der Waals surface area contributed by atoms with Gasteiger partial charge < -0.3 is 0 Å². The molecule has 5 nitrogen and oxygen atoms in total. The molecule has 1 N–H and O–H groups in total. The summed E-state index contributed by atoms with van der Waals surface area (Å²) in [5.74, 6) is 0. The Kier molecular flexibility index (Phi) is 4.84. The summed E-state index contributed by atoms with van der Waals surface area (Å²) in [5.41, 5.74) is 1.68. The van der Waals surface area contributed by atoms with E-state index in [1.807, 2.05) is 30.3 Å². The topological polar surface area (TPSA) is 80.3 Å². The van der Waals surface area contributed by atoms with Crippen molar-refractivity contribution in [1.82, 2.24) is 0 Å². The monoisotopic (exact) mass is 387 g/mol. The molecule has 0 aromatic heterocycles. The molecule has 0 spiro atoms. The van der Waals surface area contributed by atoms with Gasteiger partial charge in [0.1, 0.15) is 0 Å². The average molecular weight is 387 g/mol. The Balaban J connectivity index is 1.97. The van der Waals surface area contributed by atoms with E-state index in [4.69, 9.17) is 0 Å². The quantitative estimate of drug-likeness (QED) is 0.726. The van der Waals surface area contributed by atoms with Crippen LogP contribution in [0.15, 0.2) is 88.7 Å². The van der Waals surface area contributed by atoms with Crippen LogP contribution >= 0.6 is 0 Å². The molecule has 0 bridgehead atoms. The van der Waals surface area contributed by atoms with Crippen molar-refractivity contribution in [3.05, 3.63) is 78.9 Å². The van der Waals surface area contributed by atoms with Gasteiger partial charge in [0.05, 0.1) is 9.79 Å². The summed E-state index contributed by atoms with van der Waals surface area (Å²) >= 11 is 0. The van der Waals surface area contributed by atoms with E-state index < -0.39 is 19.9 Å². The summed E-state index contributed by atoms with van der Waals surface area (Å²) in [5, 5.41) is 0. The molecule has 0 aliphatic carbocycles. The molecule has 0 aliphatic heterocycles. The maximum Gasteiger partial charge on any atom is 0.262 e. The van der Waals surface area contributed by atoms with Crippen molar-refractivity contribution in [1.29, 1.82) is 0 Å². The fourth-order valence-electron chi connectivity index (χ4n) is 2.54. The average Bonchev–Trinajstić information content (AvgIpc) is 2.62. The number of hydrogen-bond acceptors (Lipinski definition) is 4. The summed E-state index contributed by atoms with van der Waals surface area (Å²) in [6, 6.07) is 21.6. The van der Waals surface area contributed by atoms with E-state index >= 15 is 0 Å². The van der Waals surface area contributed by atoms with Crippen molar-refractivity contribution in [2.24, 2.45) is 0 Å². The first kappa shape index (κ1) is 18.2. The van der Waals surface area contributed by atoms with E-state index in [9.17, 15) is 16.8 Å². The Morgan fingerprint density at radius 2 is 1.27 bits per heavy atom. The second-order valence-electron chi connectivity index (χ2n) is 5.76. The number of sulfone groups is 1. The molecule has 26 heavy (non-hydrogen) atoms. The lowest BCUT2D eigenvalue weighted by Crippen LogP contribution is -2.14. The zero-order valence-corrected chi connectivity index (χ0v) is 15.6. The molecule has 0 saturated carbocycles. The highest BCUT2D eigenvalue weighted by Crippen LogP contribution is 2.28. The molecule has 0 fully saturated rings. The summed E-state index contributed by atoms with van der Waals surface area (Å²) < 4.78 is 51.2. The minimum atomic E-state index is -3.84. The molecule has 0 amide bonds. The van der Waals surface area contributed by atoms with Gasteiger partial charge in [-0.05, 0) is 35.9 Å². The van der Waals surface area contributed by atoms with Gasteiger partial charge in [0.15, 0.2) is 9.84 Å². The molecule has 3 aromatic rings. The first-order chi connectivity index (χ1) is 12.3. The zero-order valence-electron chi connectivity index (χ0n) is 14.0. The van der Waals surface area contributed by atoms with E-state index in [0.717, 1.165) is 11.8 Å². The second-order valence-corrected chi connectivity index (χ2v) is 9.43. The molecule has 3 aromatic carbocycles. The molecule has 134 valence electrons. The largest absolute Gasteiger partial charge is 0.280 e. The molecule has 7 heteroatoms. The summed E-state index contributed by atoms with van der Waals surface area (Å²) in [6.45, 7) is 0. The molecular formula is C19H17NO4S2. The van der Waals surface area contributed by atoms with Crippen molar-refractivity contribution >= 4 is 25.5 Å². The summed E-state index contributed by atoms with van der Waals surface area (Å²) in [4.78, 5) is 0.281. The first-order valence-electron chi connectivity index (χ1n) is 7.75. The van der Waals surface area contributed by atoms with E-state index in [2.05, 4.69) is 4.72 Å². The minimum absolute atomic E-state index is 0.130. The van der Waals surface area contributed by atoms with Crippen LogP contribution in [0.4, 0.5) is 5.69 Å². The highest BCUT2D eigenvalue weighted by molar-refractivity contribution is 7.93. The van der Waals surface area contributed by atoms with E-state index in [1.165, 1.54) is 30.3 Å². The number of benzene rings is 3. The lowest BCUT2D eigenvalue weighted by atomic mass is 10.1. The van der Waals surface area contributed by atoms with Crippen LogP contribution < -0.4 is 4.72 Å². The number of anilines is 1. The van der Waals surface area contributed by atoms with Crippen LogP contribution in [0.5, 0.6) is 0 Å². The van der Waals surface area contributed by atoms with Gasteiger partial charge >= 0.3 is 0 Å². The molecule has 0 aliphatic rings. The Morgan fingerprint density at radius 1 is 0.692 bits per heavy atom. The number of sulfonamides is 1. The summed E-state index contributed by atoms with van der Waals surface area (Å²) in [7, 11) is -7.18. The molecule has 0 radical (unpaired) electrons. The standard InChI is InChI=1S/C19H17NO4S2/c1-25(21,22)17-13-11-16(12-14-17)20-26(23,24)19-10-6-5-9-18(19)15-7-3-2-4-8-15/h2-14,20H,1H3. The van der Waals surface area contributed by atoms with Crippen molar-refractivity contribution in [3.8, 4) is 11.1 Å². The van der Waals surface area contributed by atoms with Crippen LogP contribution in [-0.4, -0.2) is 23.1 Å². The Morgan fingerprint density at radius 3 is 1.88 bits per heavy atom. The Bertz CT molecular complexity index is 1120. The molecule has 0 unspecified atom stereocenters. The van der Waals surface area contributed by atoms with Gasteiger partial charge in [-0.25, -0.2) is 16.8 Å². The van der Waals surface area contributed by atoms with Crippen LogP contribution in [0.2, 0.25) is 0 Å². The van der Waals surface area contributed by atoms with Gasteiger partial charge in [0, 0.05) is 17.5 Å². The summed E-state index contributed by atoms with van der Waals surface area (Å²) in [6.07, 6.45) is 1.10. The van der Waals surface area contributed by atoms with Gasteiger partial charge in [-0.1, -0.05) is 48.5 Å². The normalized spacial score (nSPS) is 11.9. The van der Waals surface area contributed by atoms with Crippen molar-refractivity contribution in [3.63, 3.8) is 0 Å². The molecule has 0 saturated heterocycles. The van der Waals surface area contributed by atoms with Gasteiger partial charge in [-0.2, -0.15) is 0 Å². The first-order valence-corrected chi connectivity index (χ1v) is 11.1. The van der Waals surface area contributed by atoms with Crippen LogP contribution in [0.1, 0.15) is 0 Å². The molecular weight excluding hydrogens is 370 g/mol. The third-order valence-electron chi connectivity index (χ3n) is 3.80. The van der Waals surface area contributed by atoms with Crippen LogP contribution in [0.25, 0.3) is 11.1 Å². The maximum atomic E-state index is 12.8. The molecule has 0 heterocycles. The number of nitrogens with one attached hydrogen (secondary N) is 1. The van der Waals surface area contributed by atoms with E-state index in [-0.39, 0.29) is 9.79 Å². The van der Waals surface area contributed by atoms with Gasteiger partial charge in [0.25, 0.3) is 10.0 Å². The van der Waals surface area contributed by atoms with Crippen molar-refractivity contribution in [2.75, 3.05) is 11.0 Å². The van der Waals surface area contributed by atoms with Gasteiger partial charge in [0.2, 0.25) is 0 Å². The SMILES string of the molecule is CS(=O)(=O)c1ccc(NS(=O)(=O)c2ccccc2-c2ccccc2)cc1. The fourth-order valence-corrected chi connectivity index (χ4v) is 4.46. The smallest absolute Gasteiger partial charge is 0.262 e. The number of rotatable bonds is 5. The minimum Gasteiger partial charge on any atom is -0.280 e. The van der Waals surface area contributed by atoms with Gasteiger partial charge in [-0.3, -0.25) is 4.72 Å².